The van der Waals surface area contributed by atoms with E-state index in [1.165, 1.54) is 0 Å². The third-order valence-electron chi connectivity index (χ3n) is 4.32. The fraction of sp³-hybridized carbons (Fsp3) is 0.238. The average Bonchev–Trinajstić information content (AvgIpc) is 2.72. The molecule has 1 aromatic heterocycles. The molecule has 0 unspecified atom stereocenters. The van der Waals surface area contributed by atoms with E-state index in [2.05, 4.69) is 21.4 Å². The first-order chi connectivity index (χ1) is 13.2. The zero-order valence-corrected chi connectivity index (χ0v) is 15.6. The maximum Gasteiger partial charge on any atom is 0.188 e. The van der Waals surface area contributed by atoms with Crippen molar-refractivity contribution in [1.82, 2.24) is 10.3 Å². The topological polar surface area (TPSA) is 81.8 Å². The van der Waals surface area contributed by atoms with Gasteiger partial charge in [-0.05, 0) is 35.6 Å². The molecule has 0 saturated heterocycles. The molecule has 140 valence electrons. The number of methoxy groups -OCH3 is 2. The van der Waals surface area contributed by atoms with Crippen LogP contribution in [0.5, 0.6) is 11.5 Å². The normalized spacial score (nSPS) is 11.4. The minimum absolute atomic E-state index is 0.408. The summed E-state index contributed by atoms with van der Waals surface area (Å²) in [7, 11) is 3.26. The number of aromatic nitrogens is 1. The van der Waals surface area contributed by atoms with Crippen LogP contribution in [-0.2, 0) is 13.0 Å². The van der Waals surface area contributed by atoms with Gasteiger partial charge in [-0.1, -0.05) is 30.3 Å². The molecule has 0 aliphatic carbocycles. The van der Waals surface area contributed by atoms with Crippen molar-refractivity contribution in [2.45, 2.75) is 13.0 Å². The summed E-state index contributed by atoms with van der Waals surface area (Å²) < 4.78 is 10.6. The van der Waals surface area contributed by atoms with Gasteiger partial charge in [-0.15, -0.1) is 0 Å². The van der Waals surface area contributed by atoms with Gasteiger partial charge >= 0.3 is 0 Å². The van der Waals surface area contributed by atoms with Gasteiger partial charge in [0.05, 0.1) is 26.5 Å². The predicted molar refractivity (Wildman–Crippen MR) is 108 cm³/mol. The molecular weight excluding hydrogens is 340 g/mol. The van der Waals surface area contributed by atoms with Gasteiger partial charge in [0, 0.05) is 18.1 Å². The monoisotopic (exact) mass is 364 g/mol. The molecule has 0 aliphatic rings. The van der Waals surface area contributed by atoms with E-state index in [-0.39, 0.29) is 0 Å². The Balaban J connectivity index is 1.57. The highest BCUT2D eigenvalue weighted by atomic mass is 16.5. The minimum atomic E-state index is 0.408. The summed E-state index contributed by atoms with van der Waals surface area (Å²) in [5.41, 5.74) is 8.04. The van der Waals surface area contributed by atoms with E-state index in [0.717, 1.165) is 39.9 Å². The van der Waals surface area contributed by atoms with E-state index in [4.69, 9.17) is 15.2 Å². The lowest BCUT2D eigenvalue weighted by molar-refractivity contribution is 0.354. The largest absolute Gasteiger partial charge is 0.493 e. The number of hydrogen-bond donors (Lipinski definition) is 2. The highest BCUT2D eigenvalue weighted by molar-refractivity contribution is 5.84. The predicted octanol–water partition coefficient (Wildman–Crippen LogP) is 2.90. The molecule has 3 aromatic rings. The minimum Gasteiger partial charge on any atom is -0.493 e. The lowest BCUT2D eigenvalue weighted by Crippen LogP contribution is -2.33. The van der Waals surface area contributed by atoms with Crippen LogP contribution in [0.4, 0.5) is 0 Å². The van der Waals surface area contributed by atoms with Crippen molar-refractivity contribution in [2.75, 3.05) is 20.8 Å². The molecular formula is C21H24N4O2. The number of nitrogens with one attached hydrogen (secondary N) is 1. The Bertz CT molecular complexity index is 935. The third-order valence-corrected chi connectivity index (χ3v) is 4.32. The number of aliphatic imine (C=N–C) groups is 1. The second kappa shape index (κ2) is 8.89. The summed E-state index contributed by atoms with van der Waals surface area (Å²) in [4.78, 5) is 8.84. The zero-order chi connectivity index (χ0) is 19.1. The van der Waals surface area contributed by atoms with E-state index in [9.17, 15) is 0 Å². The van der Waals surface area contributed by atoms with Gasteiger partial charge in [0.15, 0.2) is 17.5 Å². The molecule has 0 fully saturated rings. The number of nitrogens with zero attached hydrogens (tertiary/aromatic N) is 2. The fourth-order valence-corrected chi connectivity index (χ4v) is 2.90. The maximum absolute atomic E-state index is 6.00. The van der Waals surface area contributed by atoms with Crippen molar-refractivity contribution < 1.29 is 9.47 Å². The van der Waals surface area contributed by atoms with Crippen LogP contribution in [0.1, 0.15) is 11.3 Å². The molecule has 2 aromatic carbocycles. The Kier molecular flexibility index (Phi) is 6.10. The van der Waals surface area contributed by atoms with Gasteiger partial charge in [-0.2, -0.15) is 0 Å². The third kappa shape index (κ3) is 4.67. The van der Waals surface area contributed by atoms with Crippen LogP contribution in [-0.4, -0.2) is 31.7 Å². The number of guanidine groups is 1. The number of ether oxygens (including phenoxy) is 2. The van der Waals surface area contributed by atoms with Gasteiger partial charge in [-0.25, -0.2) is 4.99 Å². The van der Waals surface area contributed by atoms with Gasteiger partial charge < -0.3 is 20.5 Å². The fourth-order valence-electron chi connectivity index (χ4n) is 2.90. The van der Waals surface area contributed by atoms with Gasteiger partial charge in [0.25, 0.3) is 0 Å². The van der Waals surface area contributed by atoms with Crippen LogP contribution in [0.25, 0.3) is 10.8 Å². The van der Waals surface area contributed by atoms with E-state index in [1.807, 2.05) is 42.5 Å². The standard InChI is InChI=1S/C21H24N4O2/c1-26-19-8-7-15(13-20(19)27-2)9-11-24-21(22)25-14-18-17-6-4-3-5-16(17)10-12-23-18/h3-8,10,12-13H,9,11,14H2,1-2H3,(H3,22,24,25). The van der Waals surface area contributed by atoms with E-state index < -0.39 is 0 Å². The van der Waals surface area contributed by atoms with Crippen molar-refractivity contribution in [2.24, 2.45) is 10.7 Å². The second-order valence-electron chi connectivity index (χ2n) is 6.05. The molecule has 0 saturated carbocycles. The highest BCUT2D eigenvalue weighted by Gasteiger charge is 2.05. The Morgan fingerprint density at radius 1 is 1.07 bits per heavy atom. The van der Waals surface area contributed by atoms with Crippen molar-refractivity contribution >= 4 is 16.7 Å². The lowest BCUT2D eigenvalue weighted by Gasteiger charge is -2.10. The first-order valence-corrected chi connectivity index (χ1v) is 8.78. The summed E-state index contributed by atoms with van der Waals surface area (Å²) in [6.45, 7) is 1.12. The van der Waals surface area contributed by atoms with Gasteiger partial charge in [0.2, 0.25) is 0 Å². The molecule has 0 radical (unpaired) electrons. The maximum atomic E-state index is 6.00. The molecule has 1 heterocycles. The summed E-state index contributed by atoms with van der Waals surface area (Å²) in [5, 5.41) is 5.39. The second-order valence-corrected chi connectivity index (χ2v) is 6.05. The Hall–Kier alpha value is -3.28. The molecule has 3 rings (SSSR count). The van der Waals surface area contributed by atoms with Crippen molar-refractivity contribution in [3.05, 3.63) is 66.0 Å². The number of fused-ring (bicyclic) bond motifs is 1. The van der Waals surface area contributed by atoms with E-state index in [1.54, 1.807) is 20.4 Å². The number of rotatable bonds is 7. The van der Waals surface area contributed by atoms with Crippen LogP contribution in [0.3, 0.4) is 0 Å². The lowest BCUT2D eigenvalue weighted by atomic mass is 10.1. The Labute approximate surface area is 159 Å². The summed E-state index contributed by atoms with van der Waals surface area (Å²) in [6.07, 6.45) is 2.59. The first-order valence-electron chi connectivity index (χ1n) is 8.78. The van der Waals surface area contributed by atoms with Crippen LogP contribution in [0.2, 0.25) is 0 Å². The molecule has 0 aliphatic heterocycles. The number of benzene rings is 2. The molecule has 0 amide bonds. The summed E-state index contributed by atoms with van der Waals surface area (Å²) in [5.74, 6) is 1.85. The summed E-state index contributed by atoms with van der Waals surface area (Å²) in [6, 6.07) is 16.0. The molecule has 6 nitrogen and oxygen atoms in total. The van der Waals surface area contributed by atoms with Crippen LogP contribution in [0, 0.1) is 0 Å². The van der Waals surface area contributed by atoms with Crippen LogP contribution >= 0.6 is 0 Å². The molecule has 27 heavy (non-hydrogen) atoms. The molecule has 6 heteroatoms. The quantitative estimate of drug-likeness (QED) is 0.498. The van der Waals surface area contributed by atoms with Gasteiger partial charge in [-0.3, -0.25) is 4.98 Å². The van der Waals surface area contributed by atoms with E-state index in [0.29, 0.717) is 19.0 Å². The first kappa shape index (κ1) is 18.5. The Morgan fingerprint density at radius 3 is 2.70 bits per heavy atom. The van der Waals surface area contributed by atoms with Crippen LogP contribution in [0.15, 0.2) is 59.7 Å². The number of hydrogen-bond acceptors (Lipinski definition) is 4. The Morgan fingerprint density at radius 2 is 1.89 bits per heavy atom. The SMILES string of the molecule is COc1ccc(CCNC(N)=NCc2nccc3ccccc23)cc1OC. The average molecular weight is 364 g/mol. The van der Waals surface area contributed by atoms with Crippen molar-refractivity contribution in [3.63, 3.8) is 0 Å². The van der Waals surface area contributed by atoms with Crippen molar-refractivity contribution in [1.29, 1.82) is 0 Å². The zero-order valence-electron chi connectivity index (χ0n) is 15.6. The molecule has 3 N–H and O–H groups in total. The van der Waals surface area contributed by atoms with E-state index >= 15 is 0 Å². The molecule has 0 bridgehead atoms. The molecule has 0 spiro atoms. The number of pyridine rings is 1. The number of nitrogens with two attached hydrogens (primary N) is 1. The smallest absolute Gasteiger partial charge is 0.188 e. The van der Waals surface area contributed by atoms with Crippen molar-refractivity contribution in [3.8, 4) is 11.5 Å². The molecule has 0 atom stereocenters. The van der Waals surface area contributed by atoms with Gasteiger partial charge in [0.1, 0.15) is 0 Å². The van der Waals surface area contributed by atoms with Crippen LogP contribution < -0.4 is 20.5 Å². The highest BCUT2D eigenvalue weighted by Crippen LogP contribution is 2.27. The summed E-state index contributed by atoms with van der Waals surface area (Å²) >= 11 is 0.